The molecule has 6 nitrogen and oxygen atoms in total. The van der Waals surface area contributed by atoms with Crippen LogP contribution in [0.1, 0.15) is 13.8 Å². The van der Waals surface area contributed by atoms with Gasteiger partial charge in [0, 0.05) is 11.8 Å². The van der Waals surface area contributed by atoms with Crippen LogP contribution in [0.5, 0.6) is 0 Å². The fraction of sp³-hybridized carbons (Fsp3) is 1.00. The lowest BCUT2D eigenvalue weighted by molar-refractivity contribution is -0.189. The summed E-state index contributed by atoms with van der Waals surface area (Å²) >= 11 is 0. The van der Waals surface area contributed by atoms with E-state index in [0.29, 0.717) is 0 Å². The van der Waals surface area contributed by atoms with Crippen molar-refractivity contribution in [3.63, 3.8) is 0 Å². The van der Waals surface area contributed by atoms with Crippen LogP contribution in [-0.2, 0) is 4.74 Å². The van der Waals surface area contributed by atoms with Crippen LogP contribution in [0.25, 0.3) is 0 Å². The molecule has 6 unspecified atom stereocenters. The minimum atomic E-state index is -1.36. The average Bonchev–Trinajstić information content (AvgIpc) is 2.81. The number of hydrogen-bond donors (Lipinski definition) is 5. The second kappa shape index (κ2) is 4.15. The van der Waals surface area contributed by atoms with Crippen molar-refractivity contribution in [1.82, 2.24) is 0 Å². The van der Waals surface area contributed by atoms with Crippen LogP contribution in [0.4, 0.5) is 0 Å². The van der Waals surface area contributed by atoms with E-state index in [-0.39, 0.29) is 6.10 Å². The third kappa shape index (κ3) is 1.63. The van der Waals surface area contributed by atoms with E-state index in [9.17, 15) is 25.5 Å². The zero-order valence-electron chi connectivity index (χ0n) is 9.89. The van der Waals surface area contributed by atoms with E-state index in [1.54, 1.807) is 13.8 Å². The van der Waals surface area contributed by atoms with Gasteiger partial charge in [-0.2, -0.15) is 0 Å². The van der Waals surface area contributed by atoms with E-state index in [0.717, 1.165) is 0 Å². The van der Waals surface area contributed by atoms with E-state index in [1.807, 2.05) is 0 Å². The third-order valence-corrected chi connectivity index (χ3v) is 3.91. The van der Waals surface area contributed by atoms with Crippen molar-refractivity contribution in [2.75, 3.05) is 6.61 Å². The van der Waals surface area contributed by atoms with Gasteiger partial charge in [-0.05, 0) is 13.8 Å². The molecule has 0 heterocycles. The predicted octanol–water partition coefficient (Wildman–Crippen LogP) is -2.15. The molecule has 0 aromatic heterocycles. The van der Waals surface area contributed by atoms with Gasteiger partial charge in [0.2, 0.25) is 0 Å². The molecular weight excluding hydrogens is 228 g/mol. The molecular formula is C11H20O6. The van der Waals surface area contributed by atoms with Crippen LogP contribution < -0.4 is 0 Å². The maximum absolute atomic E-state index is 9.91. The molecule has 2 saturated carbocycles. The first kappa shape index (κ1) is 13.2. The molecule has 17 heavy (non-hydrogen) atoms. The largest absolute Gasteiger partial charge is 0.396 e. The van der Waals surface area contributed by atoms with Crippen LogP contribution in [0.3, 0.4) is 0 Å². The van der Waals surface area contributed by atoms with E-state index < -0.39 is 48.5 Å². The number of hydrogen-bond acceptors (Lipinski definition) is 6. The van der Waals surface area contributed by atoms with Crippen LogP contribution >= 0.6 is 0 Å². The van der Waals surface area contributed by atoms with E-state index in [2.05, 4.69) is 0 Å². The minimum Gasteiger partial charge on any atom is -0.396 e. The van der Waals surface area contributed by atoms with Crippen molar-refractivity contribution in [2.24, 2.45) is 11.8 Å². The summed E-state index contributed by atoms with van der Waals surface area (Å²) in [5.74, 6) is -1.44. The van der Waals surface area contributed by atoms with Gasteiger partial charge in [-0.3, -0.25) is 0 Å². The highest BCUT2D eigenvalue weighted by molar-refractivity contribution is 5.26. The van der Waals surface area contributed by atoms with Gasteiger partial charge in [-0.25, -0.2) is 0 Å². The topological polar surface area (TPSA) is 110 Å². The van der Waals surface area contributed by atoms with Crippen LogP contribution in [0.15, 0.2) is 0 Å². The number of ether oxygens (including phenoxy) is 1. The summed E-state index contributed by atoms with van der Waals surface area (Å²) in [6.45, 7) is 3.13. The molecule has 2 fully saturated rings. The molecule has 6 heteroatoms. The summed E-state index contributed by atoms with van der Waals surface area (Å²) in [5.41, 5.74) is -1.14. The van der Waals surface area contributed by atoms with Crippen molar-refractivity contribution < 1.29 is 30.3 Å². The third-order valence-electron chi connectivity index (χ3n) is 3.91. The Kier molecular flexibility index (Phi) is 3.22. The first-order valence-electron chi connectivity index (χ1n) is 5.88. The summed E-state index contributed by atoms with van der Waals surface area (Å²) in [6.07, 6.45) is -5.08. The van der Waals surface area contributed by atoms with Crippen LogP contribution in [-0.4, -0.2) is 68.3 Å². The molecule has 0 radical (unpaired) electrons. The van der Waals surface area contributed by atoms with Gasteiger partial charge in [0.15, 0.2) is 0 Å². The molecule has 0 amide bonds. The Labute approximate surface area is 99.5 Å². The number of aliphatic hydroxyl groups excluding tert-OH is 5. The molecule has 0 aromatic carbocycles. The zero-order chi connectivity index (χ0) is 13.0. The highest BCUT2D eigenvalue weighted by Gasteiger charge is 2.77. The van der Waals surface area contributed by atoms with Crippen LogP contribution in [0.2, 0.25) is 0 Å². The Bertz CT molecular complexity index is 296. The monoisotopic (exact) mass is 248 g/mol. The van der Waals surface area contributed by atoms with Crippen molar-refractivity contribution >= 4 is 0 Å². The van der Waals surface area contributed by atoms with Gasteiger partial charge < -0.3 is 30.3 Å². The lowest BCUT2D eigenvalue weighted by Crippen LogP contribution is -2.56. The Hall–Kier alpha value is -0.240. The molecule has 0 aliphatic heterocycles. The predicted molar refractivity (Wildman–Crippen MR) is 57.0 cm³/mol. The summed E-state index contributed by atoms with van der Waals surface area (Å²) in [5, 5.41) is 48.5. The second-order valence-corrected chi connectivity index (χ2v) is 5.25. The molecule has 2 aliphatic rings. The molecule has 0 spiro atoms. The number of rotatable bonds is 3. The van der Waals surface area contributed by atoms with Crippen molar-refractivity contribution in [3.05, 3.63) is 0 Å². The quantitative estimate of drug-likeness (QED) is 0.389. The summed E-state index contributed by atoms with van der Waals surface area (Å²) in [4.78, 5) is 0. The molecule has 0 bridgehead atoms. The van der Waals surface area contributed by atoms with E-state index >= 15 is 0 Å². The summed E-state index contributed by atoms with van der Waals surface area (Å²) in [7, 11) is 0. The standard InChI is InChI=1S/C11H20O6/c1-4(2)17-11-5(3-12)7(13)9(15)8(14)6(11)10(11)16/h4-10,12-16H,3H2,1-2H3/t5?,6?,7?,8?,9-,10?,11?/m1/s1. The van der Waals surface area contributed by atoms with Gasteiger partial charge >= 0.3 is 0 Å². The molecule has 5 N–H and O–H groups in total. The molecule has 100 valence electrons. The van der Waals surface area contributed by atoms with Crippen LogP contribution in [0, 0.1) is 11.8 Å². The van der Waals surface area contributed by atoms with Gasteiger partial charge in [-0.1, -0.05) is 0 Å². The summed E-state index contributed by atoms with van der Waals surface area (Å²) in [6, 6.07) is 0. The number of aliphatic hydroxyl groups is 5. The fourth-order valence-corrected chi connectivity index (χ4v) is 3.13. The molecule has 2 rings (SSSR count). The second-order valence-electron chi connectivity index (χ2n) is 5.25. The Morgan fingerprint density at radius 1 is 1.06 bits per heavy atom. The van der Waals surface area contributed by atoms with Gasteiger partial charge in [0.25, 0.3) is 0 Å². The molecule has 7 atom stereocenters. The van der Waals surface area contributed by atoms with Gasteiger partial charge in [0.05, 0.1) is 31.0 Å². The highest BCUT2D eigenvalue weighted by Crippen LogP contribution is 2.59. The van der Waals surface area contributed by atoms with Gasteiger partial charge in [-0.15, -0.1) is 0 Å². The maximum Gasteiger partial charge on any atom is 0.110 e. The normalized spacial score (nSPS) is 53.6. The molecule has 2 aliphatic carbocycles. The first-order chi connectivity index (χ1) is 7.87. The number of fused-ring (bicyclic) bond motifs is 1. The molecule has 0 saturated heterocycles. The maximum atomic E-state index is 9.91. The zero-order valence-corrected chi connectivity index (χ0v) is 9.89. The Morgan fingerprint density at radius 3 is 2.12 bits per heavy atom. The smallest absolute Gasteiger partial charge is 0.110 e. The Balaban J connectivity index is 2.30. The minimum absolute atomic E-state index is 0.210. The summed E-state index contributed by atoms with van der Waals surface area (Å²) < 4.78 is 5.62. The molecule has 0 aromatic rings. The SMILES string of the molecule is CC(C)OC12C(O)C1C(O)[C@H](O)C(O)C2CO. The van der Waals surface area contributed by atoms with Crippen molar-refractivity contribution in [1.29, 1.82) is 0 Å². The first-order valence-corrected chi connectivity index (χ1v) is 5.88. The van der Waals surface area contributed by atoms with Crippen molar-refractivity contribution in [2.45, 2.75) is 50.0 Å². The van der Waals surface area contributed by atoms with E-state index in [1.165, 1.54) is 0 Å². The average molecular weight is 248 g/mol. The van der Waals surface area contributed by atoms with Crippen molar-refractivity contribution in [3.8, 4) is 0 Å². The highest BCUT2D eigenvalue weighted by atomic mass is 16.5. The fourth-order valence-electron chi connectivity index (χ4n) is 3.13. The van der Waals surface area contributed by atoms with E-state index in [4.69, 9.17) is 4.74 Å². The Morgan fingerprint density at radius 2 is 1.65 bits per heavy atom. The lowest BCUT2D eigenvalue weighted by atomic mass is 9.80. The lowest BCUT2D eigenvalue weighted by Gasteiger charge is -2.40. The van der Waals surface area contributed by atoms with Gasteiger partial charge in [0.1, 0.15) is 11.7 Å².